The van der Waals surface area contributed by atoms with Crippen molar-refractivity contribution in [3.63, 3.8) is 0 Å². The van der Waals surface area contributed by atoms with Gasteiger partial charge in [0.25, 0.3) is 17.7 Å². The molecule has 84 heavy (non-hydrogen) atoms. The molecule has 3 amide bonds. The smallest absolute Gasteiger partial charge is 0.251 e. The lowest BCUT2D eigenvalue weighted by Gasteiger charge is -2.20. The van der Waals surface area contributed by atoms with Crippen molar-refractivity contribution in [2.24, 2.45) is 0 Å². The van der Waals surface area contributed by atoms with Gasteiger partial charge >= 0.3 is 0 Å². The van der Waals surface area contributed by atoms with Gasteiger partial charge in [-0.3, -0.25) is 14.4 Å². The zero-order valence-electron chi connectivity index (χ0n) is 53.0. The molecular weight excluding hydrogens is 1030 g/mol. The first-order valence-corrected chi connectivity index (χ1v) is 33.7. The van der Waals surface area contributed by atoms with Crippen molar-refractivity contribution in [1.82, 2.24) is 16.0 Å². The summed E-state index contributed by atoms with van der Waals surface area (Å²) < 4.78 is 0. The van der Waals surface area contributed by atoms with E-state index in [-0.39, 0.29) is 17.7 Å². The fourth-order valence-corrected chi connectivity index (χ4v) is 12.8. The van der Waals surface area contributed by atoms with Crippen LogP contribution in [0.5, 0.6) is 0 Å². The zero-order chi connectivity index (χ0) is 59.3. The highest BCUT2D eigenvalue weighted by Gasteiger charge is 2.22. The molecule has 0 bridgehead atoms. The molecule has 0 atom stereocenters. The molecule has 6 heteroatoms. The average molecular weight is 1130 g/mol. The van der Waals surface area contributed by atoms with Crippen LogP contribution in [-0.4, -0.2) is 37.4 Å². The molecule has 0 radical (unpaired) electrons. The predicted molar refractivity (Wildman–Crippen MR) is 362 cm³/mol. The van der Waals surface area contributed by atoms with Crippen LogP contribution in [0.3, 0.4) is 0 Å². The fraction of sp³-hybridized carbons (Fsp3) is 0.500. The summed E-state index contributed by atoms with van der Waals surface area (Å²) in [6.07, 6.45) is 37.6. The Morgan fingerprint density at radius 2 is 0.464 bits per heavy atom. The van der Waals surface area contributed by atoms with Gasteiger partial charge in [0.15, 0.2) is 0 Å². The molecule has 0 heterocycles. The number of carbonyl (C=O) groups is 3. The number of hydrogen-bond donors (Lipinski definition) is 3. The van der Waals surface area contributed by atoms with Crippen molar-refractivity contribution in [3.8, 4) is 33.4 Å². The summed E-state index contributed by atoms with van der Waals surface area (Å²) in [6.45, 7) is 15.3. The summed E-state index contributed by atoms with van der Waals surface area (Å²) in [5, 5.41) is 16.5. The molecular formula is C78H105N3O3. The van der Waals surface area contributed by atoms with E-state index in [0.29, 0.717) is 36.3 Å². The Balaban J connectivity index is 1.20. The van der Waals surface area contributed by atoms with Gasteiger partial charge in [-0.15, -0.1) is 0 Å². The molecule has 0 aliphatic rings. The molecule has 0 spiro atoms. The Bertz CT molecular complexity index is 2820. The molecule has 450 valence electrons. The quantitative estimate of drug-likeness (QED) is 0.0265. The van der Waals surface area contributed by atoms with Gasteiger partial charge in [0.2, 0.25) is 0 Å². The van der Waals surface area contributed by atoms with Gasteiger partial charge in [0, 0.05) is 36.3 Å². The van der Waals surface area contributed by atoms with Gasteiger partial charge in [0.05, 0.1) is 0 Å². The number of carbonyl (C=O) groups excluding carboxylic acids is 3. The third-order valence-electron chi connectivity index (χ3n) is 17.8. The molecule has 0 aliphatic carbocycles. The number of rotatable bonds is 39. The number of unbranched alkanes of at least 4 members (excludes halogenated alkanes) is 27. The van der Waals surface area contributed by atoms with Gasteiger partial charge in [0.1, 0.15) is 0 Å². The average Bonchev–Trinajstić information content (AvgIpc) is 0.889. The number of aryl methyl sites for hydroxylation is 3. The van der Waals surface area contributed by atoms with E-state index in [2.05, 4.69) is 112 Å². The minimum atomic E-state index is -0.0395. The largest absolute Gasteiger partial charge is 0.352 e. The number of amides is 3. The second kappa shape index (κ2) is 35.9. The van der Waals surface area contributed by atoms with Crippen molar-refractivity contribution >= 4 is 50.0 Å². The fourth-order valence-electron chi connectivity index (χ4n) is 12.8. The van der Waals surface area contributed by atoms with Gasteiger partial charge in [-0.1, -0.05) is 267 Å². The second-order valence-corrected chi connectivity index (χ2v) is 24.6. The summed E-state index contributed by atoms with van der Waals surface area (Å²) in [6, 6.07) is 38.1. The van der Waals surface area contributed by atoms with Crippen LogP contribution in [0, 0.1) is 20.8 Å². The number of hydrogen-bond acceptors (Lipinski definition) is 3. The van der Waals surface area contributed by atoms with Gasteiger partial charge in [-0.05, 0) is 159 Å². The van der Waals surface area contributed by atoms with Crippen LogP contribution >= 0.6 is 0 Å². The first kappa shape index (κ1) is 65.3. The van der Waals surface area contributed by atoms with Crippen LogP contribution in [0.25, 0.3) is 65.7 Å². The third kappa shape index (κ3) is 18.9. The van der Waals surface area contributed by atoms with Gasteiger partial charge in [-0.2, -0.15) is 0 Å². The summed E-state index contributed by atoms with van der Waals surface area (Å²) in [7, 11) is 0. The van der Waals surface area contributed by atoms with E-state index in [1.807, 2.05) is 54.6 Å². The molecule has 0 unspecified atom stereocenters. The molecule has 7 aromatic rings. The van der Waals surface area contributed by atoms with Gasteiger partial charge in [-0.25, -0.2) is 0 Å². The highest BCUT2D eigenvalue weighted by molar-refractivity contribution is 6.28. The van der Waals surface area contributed by atoms with Crippen molar-refractivity contribution in [1.29, 1.82) is 0 Å². The van der Waals surface area contributed by atoms with E-state index in [1.165, 1.54) is 154 Å². The van der Waals surface area contributed by atoms with Crippen LogP contribution in [0.4, 0.5) is 0 Å². The normalized spacial score (nSPS) is 11.5. The Morgan fingerprint density at radius 1 is 0.262 bits per heavy atom. The maximum atomic E-state index is 14.2. The van der Waals surface area contributed by atoms with E-state index < -0.39 is 0 Å². The summed E-state index contributed by atoms with van der Waals surface area (Å²) in [5.74, 6) is -0.118. The third-order valence-corrected chi connectivity index (χ3v) is 17.8. The molecule has 6 nitrogen and oxygen atoms in total. The van der Waals surface area contributed by atoms with Crippen molar-refractivity contribution in [2.45, 2.75) is 234 Å². The number of nitrogens with one attached hydrogen (secondary N) is 3. The predicted octanol–water partition coefficient (Wildman–Crippen LogP) is 22.0. The summed E-state index contributed by atoms with van der Waals surface area (Å²) in [4.78, 5) is 42.5. The van der Waals surface area contributed by atoms with Crippen molar-refractivity contribution in [3.05, 3.63) is 143 Å². The summed E-state index contributed by atoms with van der Waals surface area (Å²) in [5.41, 5.74) is 11.1. The van der Waals surface area contributed by atoms with Crippen LogP contribution in [0.1, 0.15) is 261 Å². The zero-order valence-corrected chi connectivity index (χ0v) is 53.0. The molecule has 0 saturated carbocycles. The van der Waals surface area contributed by atoms with Crippen LogP contribution in [0.2, 0.25) is 0 Å². The lowest BCUT2D eigenvalue weighted by molar-refractivity contribution is 0.0945. The Labute approximate surface area is 507 Å². The lowest BCUT2D eigenvalue weighted by Crippen LogP contribution is -2.25. The molecule has 7 rings (SSSR count). The lowest BCUT2D eigenvalue weighted by atomic mass is 9.84. The molecule has 0 aromatic heterocycles. The van der Waals surface area contributed by atoms with Crippen molar-refractivity contribution in [2.75, 3.05) is 19.6 Å². The second-order valence-electron chi connectivity index (χ2n) is 24.6. The van der Waals surface area contributed by atoms with E-state index in [1.54, 1.807) is 0 Å². The Morgan fingerprint density at radius 3 is 0.702 bits per heavy atom. The summed E-state index contributed by atoms with van der Waals surface area (Å²) >= 11 is 0. The van der Waals surface area contributed by atoms with E-state index in [4.69, 9.17) is 0 Å². The standard InChI is InChI=1S/C78H105N3O3/c1-7-10-13-16-19-22-25-28-31-40-49-79-76(82)64-46-37-34-43-61(64)67-55-73-70(52-58(67)4)74-56-68(62-44-35-38-47-65(62)77(83)80-50-41-32-29-26-23-20-17-14-11-8-2)60(6)54-72(74)75-57-69(59(5)53-71(73)75)63-45-36-39-48-66(63)78(84)81-51-42-33-30-27-24-21-18-15-12-9-3/h34-39,43-48,52-57H,7-33,40-42,49-51H2,1-6H3,(H,79,82)(H,80,83)(H,81,84). The molecule has 7 aromatic carbocycles. The number of benzene rings is 7. The highest BCUT2D eigenvalue weighted by atomic mass is 16.2. The number of fused-ring (bicyclic) bond motifs is 6. The van der Waals surface area contributed by atoms with Crippen LogP contribution in [0.15, 0.2) is 109 Å². The topological polar surface area (TPSA) is 87.3 Å². The first-order valence-electron chi connectivity index (χ1n) is 33.7. The SMILES string of the molecule is CCCCCCCCCCCCNC(=O)c1ccccc1-c1cc2c(cc1C)c1cc(-c3ccccc3C(=O)NCCCCCCCCCCCC)c(C)cc1c1cc(-c3ccccc3C(=O)NCCCCCCCCCCCC)c(C)cc21. The first-order chi connectivity index (χ1) is 41.2. The van der Waals surface area contributed by atoms with Crippen molar-refractivity contribution < 1.29 is 14.4 Å². The van der Waals surface area contributed by atoms with Crippen LogP contribution < -0.4 is 16.0 Å². The van der Waals surface area contributed by atoms with E-state index >= 15 is 0 Å². The maximum Gasteiger partial charge on any atom is 0.251 e. The molecule has 0 aliphatic heterocycles. The van der Waals surface area contributed by atoms with Gasteiger partial charge < -0.3 is 16.0 Å². The van der Waals surface area contributed by atoms with Crippen LogP contribution in [-0.2, 0) is 0 Å². The minimum Gasteiger partial charge on any atom is -0.352 e. The Hall–Kier alpha value is -6.27. The maximum absolute atomic E-state index is 14.2. The van der Waals surface area contributed by atoms with E-state index in [0.717, 1.165) is 121 Å². The molecule has 3 N–H and O–H groups in total. The van der Waals surface area contributed by atoms with E-state index in [9.17, 15) is 14.4 Å². The molecule has 0 fully saturated rings. The molecule has 0 saturated heterocycles. The monoisotopic (exact) mass is 1130 g/mol. The minimum absolute atomic E-state index is 0.0395. The highest BCUT2D eigenvalue weighted by Crippen LogP contribution is 2.44. The Kier molecular flexibility index (Phi) is 27.9.